The van der Waals surface area contributed by atoms with E-state index in [1.807, 2.05) is 13.2 Å². The minimum atomic E-state index is 0.979. The zero-order valence-corrected chi connectivity index (χ0v) is 10.7. The van der Waals surface area contributed by atoms with Gasteiger partial charge >= 0.3 is 0 Å². The number of thiazole rings is 1. The van der Waals surface area contributed by atoms with Crippen LogP contribution in [-0.4, -0.2) is 12.0 Å². The van der Waals surface area contributed by atoms with E-state index in [-0.39, 0.29) is 0 Å². The van der Waals surface area contributed by atoms with Gasteiger partial charge in [0.15, 0.2) is 5.13 Å². The number of aryl methyl sites for hydroxylation is 2. The molecule has 0 bridgehead atoms. The first-order valence-electron chi connectivity index (χ1n) is 5.37. The third kappa shape index (κ3) is 2.42. The average molecular weight is 232 g/mol. The summed E-state index contributed by atoms with van der Waals surface area (Å²) in [4.78, 5) is 5.59. The lowest BCUT2D eigenvalue weighted by Crippen LogP contribution is -1.90. The van der Waals surface area contributed by atoms with Gasteiger partial charge in [-0.05, 0) is 25.0 Å². The predicted molar refractivity (Wildman–Crippen MR) is 70.4 cm³/mol. The van der Waals surface area contributed by atoms with Crippen molar-refractivity contribution in [2.75, 3.05) is 12.4 Å². The Labute approximate surface area is 100 Å². The lowest BCUT2D eigenvalue weighted by Gasteiger charge is -2.04. The number of nitrogens with zero attached hydrogens (tertiary/aromatic N) is 1. The fraction of sp³-hybridized carbons (Fsp3) is 0.308. The number of rotatable bonds is 3. The molecule has 0 radical (unpaired) electrons. The summed E-state index contributed by atoms with van der Waals surface area (Å²) in [5, 5.41) is 4.05. The highest BCUT2D eigenvalue weighted by molar-refractivity contribution is 7.15. The maximum Gasteiger partial charge on any atom is 0.182 e. The van der Waals surface area contributed by atoms with Gasteiger partial charge in [0.25, 0.3) is 0 Å². The molecule has 16 heavy (non-hydrogen) atoms. The van der Waals surface area contributed by atoms with Gasteiger partial charge in [-0.25, -0.2) is 4.98 Å². The van der Waals surface area contributed by atoms with Crippen molar-refractivity contribution >= 4 is 16.5 Å². The van der Waals surface area contributed by atoms with Crippen LogP contribution in [0, 0.1) is 13.8 Å². The second kappa shape index (κ2) is 4.66. The van der Waals surface area contributed by atoms with Crippen LogP contribution in [0.3, 0.4) is 0 Å². The zero-order valence-electron chi connectivity index (χ0n) is 9.87. The summed E-state index contributed by atoms with van der Waals surface area (Å²) in [7, 11) is 1.90. The van der Waals surface area contributed by atoms with Crippen LogP contribution in [0.5, 0.6) is 0 Å². The van der Waals surface area contributed by atoms with E-state index in [0.717, 1.165) is 11.6 Å². The van der Waals surface area contributed by atoms with E-state index >= 15 is 0 Å². The van der Waals surface area contributed by atoms with E-state index in [1.165, 1.54) is 21.6 Å². The molecule has 84 valence electrons. The van der Waals surface area contributed by atoms with Crippen LogP contribution in [0.15, 0.2) is 24.4 Å². The highest BCUT2D eigenvalue weighted by atomic mass is 32.1. The molecule has 1 aromatic carbocycles. The number of nitrogens with one attached hydrogen (secondary N) is 1. The maximum atomic E-state index is 4.29. The van der Waals surface area contributed by atoms with Gasteiger partial charge in [-0.15, -0.1) is 11.3 Å². The first-order chi connectivity index (χ1) is 7.69. The molecule has 1 aromatic heterocycles. The summed E-state index contributed by atoms with van der Waals surface area (Å²) in [6.07, 6.45) is 2.94. The fourth-order valence-corrected chi connectivity index (χ4v) is 2.47. The molecule has 0 aliphatic rings. The summed E-state index contributed by atoms with van der Waals surface area (Å²) in [5.74, 6) is 0. The minimum Gasteiger partial charge on any atom is -0.365 e. The number of anilines is 1. The van der Waals surface area contributed by atoms with Gasteiger partial charge < -0.3 is 5.32 Å². The SMILES string of the molecule is CNc1ncc(Cc2cc(C)ccc2C)s1. The van der Waals surface area contributed by atoms with Crippen molar-refractivity contribution in [1.82, 2.24) is 4.98 Å². The van der Waals surface area contributed by atoms with Gasteiger partial charge in [0.1, 0.15) is 0 Å². The smallest absolute Gasteiger partial charge is 0.182 e. The molecular weight excluding hydrogens is 216 g/mol. The minimum absolute atomic E-state index is 0.979. The standard InChI is InChI=1S/C13H16N2S/c1-9-4-5-10(2)11(6-9)7-12-8-15-13(14-3)16-12/h4-6,8H,7H2,1-3H3,(H,14,15). The van der Waals surface area contributed by atoms with Gasteiger partial charge in [-0.2, -0.15) is 0 Å². The lowest BCUT2D eigenvalue weighted by atomic mass is 10.0. The largest absolute Gasteiger partial charge is 0.365 e. The molecule has 0 atom stereocenters. The molecule has 1 heterocycles. The molecule has 0 amide bonds. The van der Waals surface area contributed by atoms with Crippen LogP contribution in [0.25, 0.3) is 0 Å². The fourth-order valence-electron chi connectivity index (χ4n) is 1.68. The van der Waals surface area contributed by atoms with Gasteiger partial charge in [0, 0.05) is 24.5 Å². The number of hydrogen-bond acceptors (Lipinski definition) is 3. The van der Waals surface area contributed by atoms with E-state index in [2.05, 4.69) is 42.3 Å². The Morgan fingerprint density at radius 3 is 2.81 bits per heavy atom. The predicted octanol–water partition coefficient (Wildman–Crippen LogP) is 3.39. The average Bonchev–Trinajstić information content (AvgIpc) is 2.71. The Bertz CT molecular complexity index is 488. The van der Waals surface area contributed by atoms with Crippen molar-refractivity contribution < 1.29 is 0 Å². The second-order valence-corrected chi connectivity index (χ2v) is 5.10. The Kier molecular flexibility index (Phi) is 3.25. The van der Waals surface area contributed by atoms with E-state index in [1.54, 1.807) is 11.3 Å². The van der Waals surface area contributed by atoms with Crippen LogP contribution in [0.1, 0.15) is 21.6 Å². The van der Waals surface area contributed by atoms with Crippen LogP contribution in [0.2, 0.25) is 0 Å². The molecule has 2 rings (SSSR count). The summed E-state index contributed by atoms with van der Waals surface area (Å²) in [5.41, 5.74) is 4.07. The lowest BCUT2D eigenvalue weighted by molar-refractivity contribution is 1.16. The third-order valence-corrected chi connectivity index (χ3v) is 3.65. The van der Waals surface area contributed by atoms with Crippen molar-refractivity contribution in [1.29, 1.82) is 0 Å². The Hall–Kier alpha value is -1.35. The van der Waals surface area contributed by atoms with E-state index in [9.17, 15) is 0 Å². The van der Waals surface area contributed by atoms with E-state index in [4.69, 9.17) is 0 Å². The van der Waals surface area contributed by atoms with Crippen molar-refractivity contribution in [3.05, 3.63) is 46.0 Å². The van der Waals surface area contributed by atoms with Crippen LogP contribution in [-0.2, 0) is 6.42 Å². The second-order valence-electron chi connectivity index (χ2n) is 3.99. The molecule has 0 fully saturated rings. The third-order valence-electron chi connectivity index (χ3n) is 2.64. The molecule has 0 aliphatic carbocycles. The van der Waals surface area contributed by atoms with Gasteiger partial charge in [-0.3, -0.25) is 0 Å². The quantitative estimate of drug-likeness (QED) is 0.877. The molecule has 0 spiro atoms. The topological polar surface area (TPSA) is 24.9 Å². The number of aromatic nitrogens is 1. The zero-order chi connectivity index (χ0) is 11.5. The van der Waals surface area contributed by atoms with E-state index in [0.29, 0.717) is 0 Å². The van der Waals surface area contributed by atoms with Crippen LogP contribution < -0.4 is 5.32 Å². The van der Waals surface area contributed by atoms with Crippen LogP contribution in [0.4, 0.5) is 5.13 Å². The first-order valence-corrected chi connectivity index (χ1v) is 6.19. The molecule has 2 aromatic rings. The van der Waals surface area contributed by atoms with Gasteiger partial charge in [0.05, 0.1) is 0 Å². The maximum absolute atomic E-state index is 4.29. The van der Waals surface area contributed by atoms with Crippen LogP contribution >= 0.6 is 11.3 Å². The summed E-state index contributed by atoms with van der Waals surface area (Å²) >= 11 is 1.72. The highest BCUT2D eigenvalue weighted by Gasteiger charge is 2.04. The molecular formula is C13H16N2S. The number of benzene rings is 1. The summed E-state index contributed by atoms with van der Waals surface area (Å²) in [6, 6.07) is 6.60. The molecule has 2 nitrogen and oxygen atoms in total. The molecule has 0 aliphatic heterocycles. The molecule has 3 heteroatoms. The Morgan fingerprint density at radius 1 is 1.31 bits per heavy atom. The van der Waals surface area contributed by atoms with Crippen molar-refractivity contribution in [3.8, 4) is 0 Å². The highest BCUT2D eigenvalue weighted by Crippen LogP contribution is 2.22. The molecule has 1 N–H and O–H groups in total. The first kappa shape index (κ1) is 11.1. The number of hydrogen-bond donors (Lipinski definition) is 1. The van der Waals surface area contributed by atoms with E-state index < -0.39 is 0 Å². The summed E-state index contributed by atoms with van der Waals surface area (Å²) < 4.78 is 0. The normalized spacial score (nSPS) is 10.4. The van der Waals surface area contributed by atoms with Gasteiger partial charge in [0.2, 0.25) is 0 Å². The van der Waals surface area contributed by atoms with Crippen molar-refractivity contribution in [3.63, 3.8) is 0 Å². The van der Waals surface area contributed by atoms with Crippen molar-refractivity contribution in [2.24, 2.45) is 0 Å². The van der Waals surface area contributed by atoms with Gasteiger partial charge in [-0.1, -0.05) is 23.8 Å². The molecule has 0 saturated heterocycles. The Morgan fingerprint density at radius 2 is 2.12 bits per heavy atom. The Balaban J connectivity index is 2.22. The monoisotopic (exact) mass is 232 g/mol. The molecule has 0 unspecified atom stereocenters. The summed E-state index contributed by atoms with van der Waals surface area (Å²) in [6.45, 7) is 4.30. The molecule has 0 saturated carbocycles. The van der Waals surface area contributed by atoms with Crippen molar-refractivity contribution in [2.45, 2.75) is 20.3 Å².